The molecule has 1 saturated heterocycles. The van der Waals surface area contributed by atoms with Crippen molar-refractivity contribution < 1.29 is 4.79 Å². The van der Waals surface area contributed by atoms with E-state index in [0.717, 1.165) is 10.6 Å². The second-order valence-electron chi connectivity index (χ2n) is 4.89. The zero-order chi connectivity index (χ0) is 15.7. The molecular weight excluding hydrogens is 336 g/mol. The Balaban J connectivity index is 1.83. The average Bonchev–Trinajstić information content (AvgIpc) is 3.01. The van der Waals surface area contributed by atoms with E-state index in [1.165, 1.54) is 34.2 Å². The topological polar surface area (TPSA) is 41.5 Å². The lowest BCUT2D eigenvalue weighted by molar-refractivity contribution is -0.115. The molecule has 3 nitrogen and oxygen atoms in total. The third kappa shape index (κ3) is 3.43. The van der Waals surface area contributed by atoms with Gasteiger partial charge in [0.1, 0.15) is 0 Å². The molecule has 112 valence electrons. The Labute approximate surface area is 142 Å². The molecule has 2 aromatic rings. The molecule has 0 bridgehead atoms. The number of benzene rings is 1. The van der Waals surface area contributed by atoms with Crippen LogP contribution in [-0.4, -0.2) is 11.1 Å². The van der Waals surface area contributed by atoms with E-state index in [0.29, 0.717) is 14.4 Å². The summed E-state index contributed by atoms with van der Waals surface area (Å²) >= 11 is 8.69. The van der Waals surface area contributed by atoms with E-state index in [1.807, 2.05) is 43.3 Å². The van der Waals surface area contributed by atoms with Crippen LogP contribution in [0.1, 0.15) is 16.0 Å². The Bertz CT molecular complexity index is 808. The largest absolute Gasteiger partial charge is 0.300 e. The van der Waals surface area contributed by atoms with Gasteiger partial charge in [-0.2, -0.15) is 0 Å². The van der Waals surface area contributed by atoms with E-state index in [1.54, 1.807) is 0 Å². The minimum absolute atomic E-state index is 0.128. The summed E-state index contributed by atoms with van der Waals surface area (Å²) in [5, 5.41) is 3.39. The molecule has 0 atom stereocenters. The molecule has 1 fully saturated rings. The summed E-state index contributed by atoms with van der Waals surface area (Å²) < 4.78 is 0.708. The number of aryl methyl sites for hydroxylation is 2. The maximum absolute atomic E-state index is 12.0. The van der Waals surface area contributed by atoms with E-state index in [4.69, 9.17) is 11.6 Å². The number of carbonyl (C=O) groups excluding carboxylic acids is 1. The molecule has 0 saturated carbocycles. The van der Waals surface area contributed by atoms with Crippen LogP contribution < -0.4 is 5.32 Å². The zero-order valence-corrected chi connectivity index (χ0v) is 14.4. The number of amides is 1. The van der Waals surface area contributed by atoms with Gasteiger partial charge in [-0.05, 0) is 67.1 Å². The molecule has 3 rings (SSSR count). The number of thioether (sulfide) groups is 1. The molecule has 2 heterocycles. The molecule has 1 amide bonds. The summed E-state index contributed by atoms with van der Waals surface area (Å²) in [4.78, 5) is 18.1. The van der Waals surface area contributed by atoms with Crippen molar-refractivity contribution in [2.45, 2.75) is 13.8 Å². The van der Waals surface area contributed by atoms with E-state index in [2.05, 4.69) is 17.2 Å². The van der Waals surface area contributed by atoms with Crippen molar-refractivity contribution in [1.82, 2.24) is 5.32 Å². The molecule has 22 heavy (non-hydrogen) atoms. The molecule has 0 spiro atoms. The van der Waals surface area contributed by atoms with Gasteiger partial charge in [-0.3, -0.25) is 4.79 Å². The fraction of sp³-hybridized carbons (Fsp3) is 0.125. The van der Waals surface area contributed by atoms with Crippen molar-refractivity contribution in [2.75, 3.05) is 0 Å². The number of hydrogen-bond acceptors (Lipinski definition) is 4. The average molecular weight is 349 g/mol. The van der Waals surface area contributed by atoms with Crippen molar-refractivity contribution in [3.63, 3.8) is 0 Å². The second kappa shape index (κ2) is 6.28. The van der Waals surface area contributed by atoms with Gasteiger partial charge in [-0.15, -0.1) is 11.3 Å². The summed E-state index contributed by atoms with van der Waals surface area (Å²) in [6.07, 6.45) is 1.83. The highest BCUT2D eigenvalue weighted by atomic mass is 35.5. The third-order valence-electron chi connectivity index (χ3n) is 3.24. The molecular formula is C16H13ClN2OS2. The number of nitrogens with zero attached hydrogens (tertiary/aromatic N) is 1. The van der Waals surface area contributed by atoms with Crippen LogP contribution in [-0.2, 0) is 4.79 Å². The van der Waals surface area contributed by atoms with E-state index in [-0.39, 0.29) is 5.91 Å². The standard InChI is InChI=1S/C16H13ClN2OS2/c1-9-3-4-11(7-10(9)2)18-16-19-15(20)13(22-16)8-12-5-6-14(17)21-12/h3-8H,1-2H3,(H,18,19,20)/b13-8-. The number of halogens is 1. The van der Waals surface area contributed by atoms with Crippen molar-refractivity contribution in [2.24, 2.45) is 4.99 Å². The second-order valence-corrected chi connectivity index (χ2v) is 7.67. The normalized spacial score (nSPS) is 18.2. The van der Waals surface area contributed by atoms with E-state index in [9.17, 15) is 4.79 Å². The van der Waals surface area contributed by atoms with Crippen molar-refractivity contribution in [3.8, 4) is 0 Å². The first kappa shape index (κ1) is 15.3. The van der Waals surface area contributed by atoms with Crippen LogP contribution in [0.25, 0.3) is 6.08 Å². The lowest BCUT2D eigenvalue weighted by Gasteiger charge is -2.01. The monoisotopic (exact) mass is 348 g/mol. The fourth-order valence-electron chi connectivity index (χ4n) is 1.93. The number of rotatable bonds is 2. The van der Waals surface area contributed by atoms with Gasteiger partial charge >= 0.3 is 0 Å². The molecule has 0 aliphatic carbocycles. The van der Waals surface area contributed by atoms with Crippen LogP contribution >= 0.6 is 34.7 Å². The molecule has 1 N–H and O–H groups in total. The highest BCUT2D eigenvalue weighted by Gasteiger charge is 2.24. The molecule has 1 aliphatic heterocycles. The molecule has 6 heteroatoms. The Morgan fingerprint density at radius 1 is 1.18 bits per heavy atom. The number of carbonyl (C=O) groups is 1. The van der Waals surface area contributed by atoms with Gasteiger partial charge in [0.25, 0.3) is 5.91 Å². The maximum Gasteiger partial charge on any atom is 0.264 e. The van der Waals surface area contributed by atoms with E-state index < -0.39 is 0 Å². The number of thiophene rings is 1. The van der Waals surface area contributed by atoms with Crippen LogP contribution in [0.15, 0.2) is 40.2 Å². The Kier molecular flexibility index (Phi) is 4.38. The van der Waals surface area contributed by atoms with Gasteiger partial charge in [-0.25, -0.2) is 4.99 Å². The predicted octanol–water partition coefficient (Wildman–Crippen LogP) is 4.91. The van der Waals surface area contributed by atoms with Crippen LogP contribution in [0.2, 0.25) is 4.34 Å². The van der Waals surface area contributed by atoms with Gasteiger partial charge in [0.05, 0.1) is 14.9 Å². The maximum atomic E-state index is 12.0. The van der Waals surface area contributed by atoms with Crippen LogP contribution in [0.4, 0.5) is 5.69 Å². The number of nitrogens with one attached hydrogen (secondary N) is 1. The van der Waals surface area contributed by atoms with Crippen LogP contribution in [0, 0.1) is 13.8 Å². The molecule has 1 aromatic heterocycles. The van der Waals surface area contributed by atoms with Crippen molar-refractivity contribution in [3.05, 3.63) is 55.6 Å². The number of hydrogen-bond donors (Lipinski definition) is 1. The number of amidine groups is 1. The van der Waals surface area contributed by atoms with Gasteiger partial charge in [0, 0.05) is 4.88 Å². The number of aliphatic imine (C=N–C) groups is 1. The summed E-state index contributed by atoms with van der Waals surface area (Å²) in [6, 6.07) is 9.70. The van der Waals surface area contributed by atoms with Gasteiger partial charge < -0.3 is 5.32 Å². The first-order valence-corrected chi connectivity index (χ1v) is 8.64. The minimum atomic E-state index is -0.128. The zero-order valence-electron chi connectivity index (χ0n) is 12.0. The first-order chi connectivity index (χ1) is 10.5. The van der Waals surface area contributed by atoms with Gasteiger partial charge in [-0.1, -0.05) is 17.7 Å². The smallest absolute Gasteiger partial charge is 0.264 e. The predicted molar refractivity (Wildman–Crippen MR) is 96.1 cm³/mol. The third-order valence-corrected chi connectivity index (χ3v) is 5.33. The summed E-state index contributed by atoms with van der Waals surface area (Å²) in [6.45, 7) is 4.11. The molecule has 0 radical (unpaired) electrons. The Morgan fingerprint density at radius 3 is 2.68 bits per heavy atom. The van der Waals surface area contributed by atoms with Crippen molar-refractivity contribution in [1.29, 1.82) is 0 Å². The highest BCUT2D eigenvalue weighted by molar-refractivity contribution is 8.18. The minimum Gasteiger partial charge on any atom is -0.300 e. The Hall–Kier alpha value is -1.56. The van der Waals surface area contributed by atoms with Crippen LogP contribution in [0.3, 0.4) is 0 Å². The fourth-order valence-corrected chi connectivity index (χ4v) is 3.84. The van der Waals surface area contributed by atoms with Crippen molar-refractivity contribution >= 4 is 57.5 Å². The lowest BCUT2D eigenvalue weighted by Crippen LogP contribution is -2.19. The molecule has 0 unspecified atom stereocenters. The first-order valence-electron chi connectivity index (χ1n) is 6.63. The molecule has 1 aromatic carbocycles. The van der Waals surface area contributed by atoms with Gasteiger partial charge in [0.15, 0.2) is 5.17 Å². The van der Waals surface area contributed by atoms with Crippen LogP contribution in [0.5, 0.6) is 0 Å². The highest BCUT2D eigenvalue weighted by Crippen LogP contribution is 2.31. The summed E-state index contributed by atoms with van der Waals surface area (Å²) in [7, 11) is 0. The van der Waals surface area contributed by atoms with E-state index >= 15 is 0 Å². The molecule has 1 aliphatic rings. The summed E-state index contributed by atoms with van der Waals surface area (Å²) in [5.74, 6) is -0.128. The Morgan fingerprint density at radius 2 is 2.00 bits per heavy atom. The lowest BCUT2D eigenvalue weighted by atomic mass is 10.1. The van der Waals surface area contributed by atoms with Gasteiger partial charge in [0.2, 0.25) is 0 Å². The quantitative estimate of drug-likeness (QED) is 0.783. The summed E-state index contributed by atoms with van der Waals surface area (Å²) in [5.41, 5.74) is 3.24. The SMILES string of the molecule is Cc1ccc(N=C2NC(=O)/C(=C/c3ccc(Cl)s3)S2)cc1C.